The Bertz CT molecular complexity index is 485. The monoisotopic (exact) mass is 292 g/mol. The van der Waals surface area contributed by atoms with Gasteiger partial charge in [-0.25, -0.2) is 4.79 Å². The van der Waals surface area contributed by atoms with Crippen LogP contribution in [0.3, 0.4) is 0 Å². The first-order valence-electron chi connectivity index (χ1n) is 7.48. The third-order valence-corrected chi connectivity index (χ3v) is 5.78. The van der Waals surface area contributed by atoms with Gasteiger partial charge in [-0.05, 0) is 79.4 Å². The molecule has 0 radical (unpaired) electrons. The molecule has 4 fully saturated rings. The van der Waals surface area contributed by atoms with Gasteiger partial charge in [0.05, 0.1) is 5.56 Å². The molecule has 108 valence electrons. The molecular formula is C17H21ClO2. The quantitative estimate of drug-likeness (QED) is 0.883. The Labute approximate surface area is 126 Å². The van der Waals surface area contributed by atoms with Crippen LogP contribution in [0.2, 0.25) is 0 Å². The van der Waals surface area contributed by atoms with Crippen molar-refractivity contribution in [2.24, 2.45) is 17.8 Å². The molecule has 1 aromatic rings. The van der Waals surface area contributed by atoms with E-state index in [0.717, 1.165) is 17.8 Å². The first-order valence-corrected chi connectivity index (χ1v) is 7.48. The van der Waals surface area contributed by atoms with Gasteiger partial charge in [0.2, 0.25) is 0 Å². The van der Waals surface area contributed by atoms with E-state index in [4.69, 9.17) is 5.11 Å². The summed E-state index contributed by atoms with van der Waals surface area (Å²) in [6, 6.07) is 7.74. The zero-order valence-corrected chi connectivity index (χ0v) is 12.4. The summed E-state index contributed by atoms with van der Waals surface area (Å²) >= 11 is 0. The van der Waals surface area contributed by atoms with Gasteiger partial charge in [-0.3, -0.25) is 0 Å². The summed E-state index contributed by atoms with van der Waals surface area (Å²) in [5, 5.41) is 9.01. The van der Waals surface area contributed by atoms with Gasteiger partial charge in [0, 0.05) is 0 Å². The van der Waals surface area contributed by atoms with Crippen LogP contribution in [0.15, 0.2) is 24.3 Å². The number of carboxylic acids is 1. The van der Waals surface area contributed by atoms with Crippen LogP contribution >= 0.6 is 12.4 Å². The smallest absolute Gasteiger partial charge is 0.335 e. The predicted octanol–water partition coefficient (Wildman–Crippen LogP) is 4.27. The molecule has 5 rings (SSSR count). The second-order valence-electron chi connectivity index (χ2n) is 7.08. The average molecular weight is 293 g/mol. The third kappa shape index (κ3) is 2.05. The maximum Gasteiger partial charge on any atom is 0.335 e. The van der Waals surface area contributed by atoms with Gasteiger partial charge >= 0.3 is 5.97 Å². The normalized spacial score (nSPS) is 37.5. The van der Waals surface area contributed by atoms with Crippen LogP contribution in [-0.4, -0.2) is 11.1 Å². The Morgan fingerprint density at radius 2 is 1.40 bits per heavy atom. The van der Waals surface area contributed by atoms with Gasteiger partial charge in [-0.15, -0.1) is 12.4 Å². The van der Waals surface area contributed by atoms with E-state index in [1.54, 1.807) is 12.1 Å². The highest BCUT2D eigenvalue weighted by Gasteiger charge is 2.51. The summed E-state index contributed by atoms with van der Waals surface area (Å²) in [6.07, 6.45) is 8.37. The summed E-state index contributed by atoms with van der Waals surface area (Å²) < 4.78 is 0. The Kier molecular flexibility index (Phi) is 3.32. The average Bonchev–Trinajstić information content (AvgIpc) is 2.37. The Balaban J connectivity index is 0.00000121. The molecule has 1 N–H and O–H groups in total. The number of benzene rings is 1. The molecule has 0 atom stereocenters. The zero-order chi connectivity index (χ0) is 13.0. The lowest BCUT2D eigenvalue weighted by atomic mass is 9.48. The highest BCUT2D eigenvalue weighted by Crippen LogP contribution is 2.60. The Hall–Kier alpha value is -1.02. The van der Waals surface area contributed by atoms with Crippen molar-refractivity contribution >= 4 is 18.4 Å². The number of hydrogen-bond acceptors (Lipinski definition) is 1. The van der Waals surface area contributed by atoms with Crippen molar-refractivity contribution in [2.45, 2.75) is 43.9 Å². The van der Waals surface area contributed by atoms with Gasteiger partial charge in [0.1, 0.15) is 0 Å². The molecule has 4 aliphatic carbocycles. The molecule has 4 bridgehead atoms. The van der Waals surface area contributed by atoms with Crippen LogP contribution in [0.25, 0.3) is 0 Å². The fourth-order valence-electron chi connectivity index (χ4n) is 5.43. The number of hydrogen-bond donors (Lipinski definition) is 1. The predicted molar refractivity (Wildman–Crippen MR) is 80.5 cm³/mol. The SMILES string of the molecule is Cl.O=C(O)c1ccc(C23CC4CC(CC(C4)C2)C3)cc1. The molecule has 0 amide bonds. The first kappa shape index (κ1) is 13.9. The minimum atomic E-state index is -0.822. The highest BCUT2D eigenvalue weighted by molar-refractivity contribution is 5.87. The van der Waals surface area contributed by atoms with E-state index in [1.807, 2.05) is 0 Å². The molecule has 1 aromatic carbocycles. The van der Waals surface area contributed by atoms with Crippen LogP contribution in [0.1, 0.15) is 54.4 Å². The largest absolute Gasteiger partial charge is 0.478 e. The standard InChI is InChI=1S/C17H20O2.ClH/c18-16(19)14-1-3-15(4-2-14)17-8-11-5-12(9-17)7-13(6-11)10-17;/h1-4,11-13H,5-10H2,(H,18,19);1H. The molecule has 4 aliphatic rings. The van der Waals surface area contributed by atoms with Crippen molar-refractivity contribution in [3.05, 3.63) is 35.4 Å². The fraction of sp³-hybridized carbons (Fsp3) is 0.588. The van der Waals surface area contributed by atoms with Gasteiger partial charge in [0.25, 0.3) is 0 Å². The summed E-state index contributed by atoms with van der Waals surface area (Å²) in [6.45, 7) is 0. The van der Waals surface area contributed by atoms with E-state index in [-0.39, 0.29) is 12.4 Å². The molecule has 20 heavy (non-hydrogen) atoms. The third-order valence-electron chi connectivity index (χ3n) is 5.78. The van der Waals surface area contributed by atoms with E-state index in [9.17, 15) is 4.79 Å². The minimum Gasteiger partial charge on any atom is -0.478 e. The van der Waals surface area contributed by atoms with Crippen molar-refractivity contribution < 1.29 is 9.90 Å². The van der Waals surface area contributed by atoms with E-state index in [2.05, 4.69) is 12.1 Å². The summed E-state index contributed by atoms with van der Waals surface area (Å²) in [5.74, 6) is 1.98. The lowest BCUT2D eigenvalue weighted by Crippen LogP contribution is -2.48. The molecule has 0 aliphatic heterocycles. The zero-order valence-electron chi connectivity index (χ0n) is 11.5. The molecule has 0 unspecified atom stereocenters. The maximum atomic E-state index is 11.0. The van der Waals surface area contributed by atoms with Crippen LogP contribution in [0, 0.1) is 17.8 Å². The first-order chi connectivity index (χ1) is 9.14. The van der Waals surface area contributed by atoms with Gasteiger partial charge in [-0.2, -0.15) is 0 Å². The lowest BCUT2D eigenvalue weighted by molar-refractivity contribution is -0.00520. The molecule has 4 saturated carbocycles. The maximum absolute atomic E-state index is 11.0. The molecule has 0 spiro atoms. The second kappa shape index (κ2) is 4.77. The molecular weight excluding hydrogens is 272 g/mol. The summed E-state index contributed by atoms with van der Waals surface area (Å²) in [4.78, 5) is 11.0. The van der Waals surface area contributed by atoms with E-state index in [0.29, 0.717) is 11.0 Å². The van der Waals surface area contributed by atoms with Crippen LogP contribution < -0.4 is 0 Å². The number of carboxylic acid groups (broad SMARTS) is 1. The highest BCUT2D eigenvalue weighted by atomic mass is 35.5. The molecule has 0 saturated heterocycles. The number of carbonyl (C=O) groups is 1. The molecule has 0 heterocycles. The van der Waals surface area contributed by atoms with Crippen molar-refractivity contribution in [3.63, 3.8) is 0 Å². The van der Waals surface area contributed by atoms with Crippen LogP contribution in [0.5, 0.6) is 0 Å². The fourth-order valence-corrected chi connectivity index (χ4v) is 5.43. The summed E-state index contributed by atoms with van der Waals surface area (Å²) in [5.41, 5.74) is 2.19. The van der Waals surface area contributed by atoms with E-state index in [1.165, 1.54) is 44.1 Å². The van der Waals surface area contributed by atoms with Crippen molar-refractivity contribution in [1.82, 2.24) is 0 Å². The topological polar surface area (TPSA) is 37.3 Å². The second-order valence-corrected chi connectivity index (χ2v) is 7.08. The van der Waals surface area contributed by atoms with E-state index < -0.39 is 5.97 Å². The number of halogens is 1. The molecule has 3 heteroatoms. The van der Waals surface area contributed by atoms with E-state index >= 15 is 0 Å². The van der Waals surface area contributed by atoms with Gasteiger partial charge < -0.3 is 5.11 Å². The van der Waals surface area contributed by atoms with Gasteiger partial charge in [-0.1, -0.05) is 12.1 Å². The Morgan fingerprint density at radius 3 is 1.80 bits per heavy atom. The Morgan fingerprint density at radius 1 is 0.950 bits per heavy atom. The number of rotatable bonds is 2. The van der Waals surface area contributed by atoms with Crippen molar-refractivity contribution in [3.8, 4) is 0 Å². The van der Waals surface area contributed by atoms with Crippen LogP contribution in [0.4, 0.5) is 0 Å². The van der Waals surface area contributed by atoms with Crippen molar-refractivity contribution in [2.75, 3.05) is 0 Å². The van der Waals surface area contributed by atoms with Crippen molar-refractivity contribution in [1.29, 1.82) is 0 Å². The molecule has 2 nitrogen and oxygen atoms in total. The number of aromatic carboxylic acids is 1. The van der Waals surface area contributed by atoms with Gasteiger partial charge in [0.15, 0.2) is 0 Å². The minimum absolute atomic E-state index is 0. The lowest BCUT2D eigenvalue weighted by Gasteiger charge is -2.57. The summed E-state index contributed by atoms with van der Waals surface area (Å²) in [7, 11) is 0. The van der Waals surface area contributed by atoms with Crippen LogP contribution in [-0.2, 0) is 5.41 Å². The molecule has 0 aromatic heterocycles.